The average Bonchev–Trinajstić information content (AvgIpc) is 3.26. The van der Waals surface area contributed by atoms with Gasteiger partial charge in [-0.2, -0.15) is 0 Å². The Morgan fingerprint density at radius 1 is 0.500 bits per heavy atom. The highest BCUT2D eigenvalue weighted by Gasteiger charge is 2.25. The van der Waals surface area contributed by atoms with Crippen LogP contribution in [0.2, 0.25) is 0 Å². The minimum absolute atomic E-state index is 0.0965. The van der Waals surface area contributed by atoms with E-state index < -0.39 is 13.9 Å². The topological polar surface area (TPSA) is 117 Å². The van der Waals surface area contributed by atoms with Crippen molar-refractivity contribution in [1.82, 2.24) is 0 Å². The van der Waals surface area contributed by atoms with Gasteiger partial charge in [-0.15, -0.1) is 0 Å². The maximum atomic E-state index is 12.7. The van der Waals surface area contributed by atoms with Gasteiger partial charge in [-0.25, -0.2) is 4.57 Å². The molecule has 0 fully saturated rings. The molecule has 0 aliphatic heterocycles. The van der Waals surface area contributed by atoms with Crippen LogP contribution < -0.4 is 5.73 Å². The number of carbonyl (C=O) groups excluding carboxylic acids is 1. The van der Waals surface area contributed by atoms with Gasteiger partial charge in [0, 0.05) is 19.6 Å². The van der Waals surface area contributed by atoms with E-state index in [2.05, 4.69) is 74.6 Å². The van der Waals surface area contributed by atoms with Gasteiger partial charge in [0.25, 0.3) is 0 Å². The number of esters is 1. The van der Waals surface area contributed by atoms with Crippen molar-refractivity contribution in [3.63, 3.8) is 0 Å². The van der Waals surface area contributed by atoms with Crippen molar-refractivity contribution in [1.29, 1.82) is 0 Å². The zero-order chi connectivity index (χ0) is 45.1. The second-order valence-corrected chi connectivity index (χ2v) is 18.5. The number of allylic oxidation sites excluding steroid dienone is 10. The van der Waals surface area contributed by atoms with E-state index in [1.165, 1.54) is 135 Å². The summed E-state index contributed by atoms with van der Waals surface area (Å²) >= 11 is 0. The second-order valence-electron chi connectivity index (χ2n) is 17.0. The van der Waals surface area contributed by atoms with Crippen LogP contribution in [0.3, 0.4) is 0 Å². The van der Waals surface area contributed by atoms with E-state index in [0.717, 1.165) is 77.0 Å². The summed E-state index contributed by atoms with van der Waals surface area (Å²) in [6.07, 6.45) is 62.5. The first-order valence-corrected chi connectivity index (χ1v) is 27.3. The van der Waals surface area contributed by atoms with E-state index in [1.807, 2.05) is 0 Å². The number of unbranched alkanes of at least 4 members (excludes halogenated alkanes) is 26. The van der Waals surface area contributed by atoms with E-state index in [0.29, 0.717) is 13.0 Å². The lowest BCUT2D eigenvalue weighted by molar-refractivity contribution is -0.154. The van der Waals surface area contributed by atoms with E-state index in [1.54, 1.807) is 0 Å². The van der Waals surface area contributed by atoms with Crippen LogP contribution in [0.1, 0.15) is 232 Å². The van der Waals surface area contributed by atoms with Crippen LogP contribution in [0.15, 0.2) is 60.8 Å². The SMILES string of the molecule is CC/C=C\C/C=C\C/C=C\C/C=C\C/C=C\CCCCCCCCOCC(COP(=O)(O)OCCN)OC(=O)CCCCCCCCCCCCCCCCCCCCCCC. The number of nitrogens with two attached hydrogens (primary N) is 1. The number of phosphoric ester groups is 1. The van der Waals surface area contributed by atoms with Gasteiger partial charge in [-0.1, -0.05) is 229 Å². The van der Waals surface area contributed by atoms with Crippen molar-refractivity contribution in [2.45, 2.75) is 238 Å². The highest BCUT2D eigenvalue weighted by Crippen LogP contribution is 2.43. The lowest BCUT2D eigenvalue weighted by Gasteiger charge is -2.20. The molecule has 0 heterocycles. The molecule has 0 spiro atoms. The molecule has 0 saturated carbocycles. The quantitative estimate of drug-likeness (QED) is 0.0268. The number of carbonyl (C=O) groups is 1. The Labute approximate surface area is 383 Å². The average molecular weight is 892 g/mol. The van der Waals surface area contributed by atoms with Crippen LogP contribution in [0.25, 0.3) is 0 Å². The first-order valence-electron chi connectivity index (χ1n) is 25.8. The molecule has 0 aromatic rings. The first-order chi connectivity index (χ1) is 30.4. The third kappa shape index (κ3) is 49.2. The van der Waals surface area contributed by atoms with E-state index in [-0.39, 0.29) is 32.3 Å². The summed E-state index contributed by atoms with van der Waals surface area (Å²) in [4.78, 5) is 22.6. The van der Waals surface area contributed by atoms with Gasteiger partial charge in [0.05, 0.1) is 19.8 Å². The molecule has 0 aliphatic carbocycles. The summed E-state index contributed by atoms with van der Waals surface area (Å²) in [6, 6.07) is 0. The fourth-order valence-electron chi connectivity index (χ4n) is 7.20. The Hall–Kier alpha value is -1.80. The van der Waals surface area contributed by atoms with Crippen molar-refractivity contribution >= 4 is 13.8 Å². The monoisotopic (exact) mass is 892 g/mol. The van der Waals surface area contributed by atoms with E-state index in [9.17, 15) is 14.3 Å². The van der Waals surface area contributed by atoms with E-state index in [4.69, 9.17) is 24.3 Å². The van der Waals surface area contributed by atoms with Gasteiger partial charge < -0.3 is 20.1 Å². The van der Waals surface area contributed by atoms with Crippen LogP contribution in [0, 0.1) is 0 Å². The van der Waals surface area contributed by atoms with Gasteiger partial charge >= 0.3 is 13.8 Å². The number of hydrogen-bond acceptors (Lipinski definition) is 7. The fraction of sp³-hybridized carbons (Fsp3) is 0.792. The van der Waals surface area contributed by atoms with Gasteiger partial charge in [-0.05, 0) is 57.8 Å². The highest BCUT2D eigenvalue weighted by atomic mass is 31.2. The number of phosphoric acid groups is 1. The van der Waals surface area contributed by atoms with Crippen LogP contribution in [-0.4, -0.2) is 49.9 Å². The molecule has 362 valence electrons. The maximum absolute atomic E-state index is 12.7. The Bertz CT molecular complexity index is 1140. The summed E-state index contributed by atoms with van der Waals surface area (Å²) in [5.74, 6) is -0.333. The van der Waals surface area contributed by atoms with Crippen LogP contribution >= 0.6 is 7.82 Å². The van der Waals surface area contributed by atoms with Crippen LogP contribution in [0.5, 0.6) is 0 Å². The Kier molecular flexibility index (Phi) is 48.7. The number of ether oxygens (including phenoxy) is 2. The minimum Gasteiger partial charge on any atom is -0.457 e. The van der Waals surface area contributed by atoms with Gasteiger partial charge in [0.2, 0.25) is 0 Å². The molecule has 8 nitrogen and oxygen atoms in total. The van der Waals surface area contributed by atoms with Crippen LogP contribution in [0.4, 0.5) is 0 Å². The number of rotatable bonds is 49. The third-order valence-electron chi connectivity index (χ3n) is 10.9. The first kappa shape index (κ1) is 60.2. The molecule has 3 N–H and O–H groups in total. The summed E-state index contributed by atoms with van der Waals surface area (Å²) in [5, 5.41) is 0. The Morgan fingerprint density at radius 3 is 1.35 bits per heavy atom. The van der Waals surface area contributed by atoms with Gasteiger partial charge in [0.15, 0.2) is 0 Å². The molecule has 0 aromatic carbocycles. The second kappa shape index (κ2) is 50.2. The van der Waals surface area contributed by atoms with Gasteiger partial charge in [0.1, 0.15) is 6.10 Å². The molecule has 0 aromatic heterocycles. The molecule has 62 heavy (non-hydrogen) atoms. The summed E-state index contributed by atoms with van der Waals surface area (Å²) in [7, 11) is -4.29. The van der Waals surface area contributed by atoms with E-state index >= 15 is 0 Å². The maximum Gasteiger partial charge on any atom is 0.472 e. The highest BCUT2D eigenvalue weighted by molar-refractivity contribution is 7.47. The predicted octanol–water partition coefficient (Wildman–Crippen LogP) is 16.1. The Balaban J connectivity index is 3.97. The van der Waals surface area contributed by atoms with Crippen molar-refractivity contribution in [3.05, 3.63) is 60.8 Å². The minimum atomic E-state index is -4.29. The zero-order valence-electron chi connectivity index (χ0n) is 40.3. The van der Waals surface area contributed by atoms with Gasteiger partial charge in [-0.3, -0.25) is 13.8 Å². The zero-order valence-corrected chi connectivity index (χ0v) is 41.2. The summed E-state index contributed by atoms with van der Waals surface area (Å²) in [5.41, 5.74) is 5.39. The fourth-order valence-corrected chi connectivity index (χ4v) is 7.97. The van der Waals surface area contributed by atoms with Crippen molar-refractivity contribution in [2.75, 3.05) is 33.0 Å². The molecule has 0 rings (SSSR count). The summed E-state index contributed by atoms with van der Waals surface area (Å²) < 4.78 is 33.6. The lowest BCUT2D eigenvalue weighted by Crippen LogP contribution is -2.28. The molecule has 0 amide bonds. The van der Waals surface area contributed by atoms with Crippen molar-refractivity contribution in [2.24, 2.45) is 5.73 Å². The smallest absolute Gasteiger partial charge is 0.457 e. The molecule has 0 saturated heterocycles. The molecule has 0 bridgehead atoms. The normalized spacial score (nSPS) is 13.8. The molecule has 2 unspecified atom stereocenters. The third-order valence-corrected chi connectivity index (χ3v) is 11.9. The predicted molar refractivity (Wildman–Crippen MR) is 266 cm³/mol. The molecular weight excluding hydrogens is 794 g/mol. The van der Waals surface area contributed by atoms with Crippen molar-refractivity contribution < 1.29 is 32.8 Å². The Morgan fingerprint density at radius 2 is 0.903 bits per heavy atom. The molecule has 9 heteroatoms. The molecule has 0 aliphatic rings. The standard InChI is InChI=1S/C53H98NO7P/c1-3-5-7-9-11-13-15-17-19-21-23-25-27-29-31-33-35-37-39-41-43-45-48-58-50-52(51-60-62(56,57)59-49-47-54)61-53(55)46-44-42-40-38-36-34-32-30-28-26-24-22-20-18-16-14-12-10-8-6-4-2/h5,7,11,13,17,19,23,25,29,31,52H,3-4,6,8-10,12,14-16,18,20-22,24,26-28,30,32-51,54H2,1-2H3,(H,56,57)/b7-5-,13-11-,19-17-,25-23-,31-29-. The molecule has 2 atom stereocenters. The van der Waals surface area contributed by atoms with Crippen LogP contribution in [-0.2, 0) is 27.9 Å². The largest absolute Gasteiger partial charge is 0.472 e. The lowest BCUT2D eigenvalue weighted by atomic mass is 10.0. The molecular formula is C53H98NO7P. The number of hydrogen-bond donors (Lipinski definition) is 2. The molecule has 0 radical (unpaired) electrons. The summed E-state index contributed by atoms with van der Waals surface area (Å²) in [6.45, 7) is 4.80. The van der Waals surface area contributed by atoms with Crippen molar-refractivity contribution in [3.8, 4) is 0 Å².